The lowest BCUT2D eigenvalue weighted by Crippen LogP contribution is -2.25. The van der Waals surface area contributed by atoms with Crippen molar-refractivity contribution in [2.45, 2.75) is 51.9 Å². The summed E-state index contributed by atoms with van der Waals surface area (Å²) in [6.07, 6.45) is 3.52. The molecule has 15 heavy (non-hydrogen) atoms. The number of rotatable bonds is 4. The molecule has 0 radical (unpaired) electrons. The largest absolute Gasteiger partial charge is 0.351 e. The molecule has 0 amide bonds. The third kappa shape index (κ3) is 4.81. The van der Waals surface area contributed by atoms with Gasteiger partial charge in [-0.3, -0.25) is 4.57 Å². The molecule has 0 aliphatic heterocycles. The van der Waals surface area contributed by atoms with Crippen molar-refractivity contribution in [3.63, 3.8) is 0 Å². The molecule has 1 aliphatic carbocycles. The van der Waals surface area contributed by atoms with E-state index in [2.05, 4.69) is 6.92 Å². The van der Waals surface area contributed by atoms with E-state index in [0.717, 1.165) is 6.42 Å². The Labute approximate surface area is 94.2 Å². The highest BCUT2D eigenvalue weighted by molar-refractivity contribution is 7.54. The summed E-state index contributed by atoms with van der Waals surface area (Å²) >= 11 is 0. The fourth-order valence-corrected chi connectivity index (χ4v) is 6.99. The van der Waals surface area contributed by atoms with Crippen LogP contribution < -0.4 is 0 Å². The summed E-state index contributed by atoms with van der Waals surface area (Å²) in [4.78, 5) is 0. The van der Waals surface area contributed by atoms with E-state index in [0.29, 0.717) is 5.92 Å². The molecule has 0 bridgehead atoms. The van der Waals surface area contributed by atoms with Crippen LogP contribution in [0.4, 0.5) is 0 Å². The van der Waals surface area contributed by atoms with Crippen LogP contribution in [0.1, 0.15) is 26.2 Å². The van der Waals surface area contributed by atoms with Gasteiger partial charge in [0.05, 0.1) is 6.10 Å². The van der Waals surface area contributed by atoms with Crippen molar-refractivity contribution < 1.29 is 13.3 Å². The standard InChI is InChI=1S/C10H23O3PSi/c1-9-7-6-8-10(9)12-14(2,11)13-15(3,4)5/h9-10H,6-8H2,1-5H3. The van der Waals surface area contributed by atoms with Crippen LogP contribution in [0.3, 0.4) is 0 Å². The first-order valence-electron chi connectivity index (χ1n) is 5.66. The second-order valence-electron chi connectivity index (χ2n) is 5.53. The quantitative estimate of drug-likeness (QED) is 0.561. The third-order valence-electron chi connectivity index (χ3n) is 2.55. The molecule has 90 valence electrons. The molecular formula is C10H23O3PSi. The second-order valence-corrected chi connectivity index (χ2v) is 12.2. The van der Waals surface area contributed by atoms with Crippen LogP contribution >= 0.6 is 7.60 Å². The van der Waals surface area contributed by atoms with Crippen LogP contribution in [0, 0.1) is 5.92 Å². The van der Waals surface area contributed by atoms with Gasteiger partial charge in [-0.05, 0) is 38.4 Å². The lowest BCUT2D eigenvalue weighted by molar-refractivity contribution is 0.150. The van der Waals surface area contributed by atoms with Gasteiger partial charge >= 0.3 is 7.60 Å². The molecule has 1 fully saturated rings. The summed E-state index contributed by atoms with van der Waals surface area (Å²) in [5.74, 6) is 0.517. The summed E-state index contributed by atoms with van der Waals surface area (Å²) < 4.78 is 23.4. The highest BCUT2D eigenvalue weighted by Crippen LogP contribution is 2.50. The van der Waals surface area contributed by atoms with Gasteiger partial charge < -0.3 is 8.74 Å². The van der Waals surface area contributed by atoms with Crippen molar-refractivity contribution in [2.75, 3.05) is 6.66 Å². The van der Waals surface area contributed by atoms with Gasteiger partial charge in [0, 0.05) is 6.66 Å². The SMILES string of the molecule is CC1CCCC1OP(C)(=O)O[Si](C)(C)C. The molecule has 3 unspecified atom stereocenters. The molecule has 0 aromatic carbocycles. The van der Waals surface area contributed by atoms with Gasteiger partial charge in [0.1, 0.15) is 0 Å². The molecule has 1 aliphatic rings. The minimum atomic E-state index is -2.84. The fourth-order valence-electron chi connectivity index (χ4n) is 2.03. The summed E-state index contributed by atoms with van der Waals surface area (Å²) in [7, 11) is -4.61. The molecular weight excluding hydrogens is 227 g/mol. The van der Waals surface area contributed by atoms with Crippen molar-refractivity contribution in [2.24, 2.45) is 5.92 Å². The molecule has 0 aromatic heterocycles. The predicted octanol–water partition coefficient (Wildman–Crippen LogP) is 3.87. The summed E-state index contributed by atoms with van der Waals surface area (Å²) in [5.41, 5.74) is 0. The van der Waals surface area contributed by atoms with Crippen LogP contribution in [0.2, 0.25) is 19.6 Å². The highest BCUT2D eigenvalue weighted by Gasteiger charge is 2.33. The van der Waals surface area contributed by atoms with Gasteiger partial charge in [0.15, 0.2) is 8.32 Å². The molecule has 0 heterocycles. The Morgan fingerprint density at radius 1 is 1.27 bits per heavy atom. The van der Waals surface area contributed by atoms with Gasteiger partial charge in [0.25, 0.3) is 0 Å². The second kappa shape index (κ2) is 4.70. The minimum Gasteiger partial charge on any atom is -0.351 e. The Kier molecular flexibility index (Phi) is 4.21. The first-order valence-corrected chi connectivity index (χ1v) is 11.1. The first kappa shape index (κ1) is 13.4. The van der Waals surface area contributed by atoms with Crippen LogP contribution in [-0.4, -0.2) is 21.1 Å². The Balaban J connectivity index is 2.52. The van der Waals surface area contributed by atoms with Crippen molar-refractivity contribution in [1.29, 1.82) is 0 Å². The van der Waals surface area contributed by atoms with Gasteiger partial charge in [-0.25, -0.2) is 0 Å². The zero-order valence-electron chi connectivity index (χ0n) is 10.4. The first-order chi connectivity index (χ1) is 6.70. The molecule has 5 heteroatoms. The molecule has 0 aromatic rings. The van der Waals surface area contributed by atoms with Gasteiger partial charge in [-0.15, -0.1) is 0 Å². The maximum absolute atomic E-state index is 12.1. The van der Waals surface area contributed by atoms with Crippen LogP contribution in [0.25, 0.3) is 0 Å². The van der Waals surface area contributed by atoms with E-state index in [4.69, 9.17) is 8.74 Å². The third-order valence-corrected chi connectivity index (χ3v) is 6.72. The van der Waals surface area contributed by atoms with Crippen LogP contribution in [0.5, 0.6) is 0 Å². The maximum atomic E-state index is 12.1. The summed E-state index contributed by atoms with van der Waals surface area (Å²) in [5, 5.41) is 0. The number of hydrogen-bond donors (Lipinski definition) is 0. The van der Waals surface area contributed by atoms with Gasteiger partial charge in [0.2, 0.25) is 0 Å². The maximum Gasteiger partial charge on any atom is 0.318 e. The Bertz CT molecular complexity index is 262. The lowest BCUT2D eigenvalue weighted by atomic mass is 10.1. The van der Waals surface area contributed by atoms with E-state index < -0.39 is 15.9 Å². The minimum absolute atomic E-state index is 0.136. The lowest BCUT2D eigenvalue weighted by Gasteiger charge is -2.27. The Hall–Kier alpha value is 0.367. The van der Waals surface area contributed by atoms with Gasteiger partial charge in [-0.1, -0.05) is 13.3 Å². The summed E-state index contributed by atoms with van der Waals surface area (Å²) in [6.45, 7) is 9.86. The van der Waals surface area contributed by atoms with E-state index in [-0.39, 0.29) is 6.10 Å². The zero-order valence-corrected chi connectivity index (χ0v) is 12.3. The molecule has 1 saturated carbocycles. The molecule has 0 saturated heterocycles. The van der Waals surface area contributed by atoms with E-state index >= 15 is 0 Å². The van der Waals surface area contributed by atoms with Gasteiger partial charge in [-0.2, -0.15) is 0 Å². The van der Waals surface area contributed by atoms with Crippen LogP contribution in [0.15, 0.2) is 0 Å². The van der Waals surface area contributed by atoms with Crippen molar-refractivity contribution in [3.8, 4) is 0 Å². The topological polar surface area (TPSA) is 35.5 Å². The highest BCUT2D eigenvalue weighted by atomic mass is 31.2. The molecule has 3 atom stereocenters. The Morgan fingerprint density at radius 3 is 2.27 bits per heavy atom. The van der Waals surface area contributed by atoms with Crippen molar-refractivity contribution >= 4 is 15.9 Å². The molecule has 3 nitrogen and oxygen atoms in total. The van der Waals surface area contributed by atoms with E-state index in [1.807, 2.05) is 19.6 Å². The van der Waals surface area contributed by atoms with Crippen LogP contribution in [-0.2, 0) is 13.3 Å². The van der Waals surface area contributed by atoms with Crippen molar-refractivity contribution in [1.82, 2.24) is 0 Å². The fraction of sp³-hybridized carbons (Fsp3) is 1.00. The average molecular weight is 250 g/mol. The molecule has 0 N–H and O–H groups in total. The zero-order chi connectivity index (χ0) is 11.7. The normalized spacial score (nSPS) is 31.5. The van der Waals surface area contributed by atoms with Crippen molar-refractivity contribution in [3.05, 3.63) is 0 Å². The smallest absolute Gasteiger partial charge is 0.318 e. The molecule has 0 spiro atoms. The van der Waals surface area contributed by atoms with E-state index in [1.165, 1.54) is 12.8 Å². The monoisotopic (exact) mass is 250 g/mol. The predicted molar refractivity (Wildman–Crippen MR) is 65.8 cm³/mol. The summed E-state index contributed by atoms with van der Waals surface area (Å²) in [6, 6.07) is 0. The molecule has 1 rings (SSSR count). The Morgan fingerprint density at radius 2 is 1.87 bits per heavy atom. The average Bonchev–Trinajstić information content (AvgIpc) is 2.29. The van der Waals surface area contributed by atoms with E-state index in [1.54, 1.807) is 6.66 Å². The number of hydrogen-bond acceptors (Lipinski definition) is 3. The van der Waals surface area contributed by atoms with E-state index in [9.17, 15) is 4.57 Å².